The number of nitrogens with zero attached hydrogens (tertiary/aromatic N) is 2. The van der Waals surface area contributed by atoms with E-state index in [1.807, 2.05) is 0 Å². The molecule has 0 radical (unpaired) electrons. The van der Waals surface area contributed by atoms with Gasteiger partial charge in [0, 0.05) is 6.54 Å². The minimum Gasteiger partial charge on any atom is -0.387 e. The maximum atomic E-state index is 11.9. The molecule has 0 aliphatic carbocycles. The Morgan fingerprint density at radius 2 is 2.40 bits per heavy atom. The third kappa shape index (κ3) is 2.54. The van der Waals surface area contributed by atoms with Gasteiger partial charge < -0.3 is 10.7 Å². The van der Waals surface area contributed by atoms with Gasteiger partial charge in [-0.25, -0.2) is 13.4 Å². The Hall–Kier alpha value is -1.41. The summed E-state index contributed by atoms with van der Waals surface area (Å²) in [6.45, 7) is 1.82. The molecule has 0 spiro atoms. The van der Waals surface area contributed by atoms with Crippen LogP contribution in [0.15, 0.2) is 17.6 Å². The molecular weight excluding hydrogens is 218 g/mol. The number of likely N-dealkylation sites (N-methyl/N-ethyl adjacent to an activating group) is 1. The number of imidazole rings is 1. The highest BCUT2D eigenvalue weighted by Crippen LogP contribution is 2.10. The molecule has 0 aromatic carbocycles. The lowest BCUT2D eigenvalue weighted by molar-refractivity contribution is 0.463. The molecule has 0 bridgehead atoms. The molecule has 1 rings (SSSR count). The van der Waals surface area contributed by atoms with Crippen LogP contribution in [0, 0.1) is 5.41 Å². The number of aromatic amines is 1. The molecule has 0 saturated carbocycles. The topological polar surface area (TPSA) is 116 Å². The van der Waals surface area contributed by atoms with E-state index in [4.69, 9.17) is 11.1 Å². The molecule has 0 unspecified atom stereocenters. The largest absolute Gasteiger partial charge is 0.387 e. The Bertz CT molecular complexity index is 424. The van der Waals surface area contributed by atoms with Crippen LogP contribution in [0.1, 0.15) is 6.92 Å². The summed E-state index contributed by atoms with van der Waals surface area (Å²) < 4.78 is 24.8. The molecule has 4 N–H and O–H groups in total. The Kier molecular flexibility index (Phi) is 3.43. The van der Waals surface area contributed by atoms with Crippen LogP contribution in [-0.2, 0) is 10.0 Å². The van der Waals surface area contributed by atoms with Crippen molar-refractivity contribution in [3.63, 3.8) is 0 Å². The van der Waals surface area contributed by atoms with Crippen molar-refractivity contribution in [3.05, 3.63) is 12.5 Å². The molecule has 84 valence electrons. The summed E-state index contributed by atoms with van der Waals surface area (Å²) in [4.78, 5) is 6.15. The number of hydrogen-bond acceptors (Lipinski definition) is 4. The number of rotatable bonds is 5. The highest BCUT2D eigenvalue weighted by Gasteiger charge is 2.24. The van der Waals surface area contributed by atoms with Crippen LogP contribution >= 0.6 is 0 Å². The predicted molar refractivity (Wildman–Crippen MR) is 54.9 cm³/mol. The first-order valence-electron chi connectivity index (χ1n) is 4.30. The molecule has 8 heteroatoms. The van der Waals surface area contributed by atoms with Crippen LogP contribution in [0.25, 0.3) is 0 Å². The summed E-state index contributed by atoms with van der Waals surface area (Å²) in [7, 11) is -3.61. The van der Waals surface area contributed by atoms with Crippen LogP contribution in [0.2, 0.25) is 0 Å². The van der Waals surface area contributed by atoms with E-state index in [0.29, 0.717) is 0 Å². The van der Waals surface area contributed by atoms with Crippen LogP contribution in [0.5, 0.6) is 0 Å². The molecular formula is C7H13N5O2S. The molecule has 1 aromatic heterocycles. The fourth-order valence-electron chi connectivity index (χ4n) is 1.08. The van der Waals surface area contributed by atoms with E-state index in [9.17, 15) is 8.42 Å². The zero-order valence-electron chi connectivity index (χ0n) is 8.27. The first-order chi connectivity index (χ1) is 6.98. The number of sulfonamides is 1. The zero-order valence-corrected chi connectivity index (χ0v) is 9.08. The molecule has 0 amide bonds. The summed E-state index contributed by atoms with van der Waals surface area (Å²) in [5, 5.41) is 7.08. The molecule has 0 aliphatic rings. The minimum atomic E-state index is -3.61. The number of amidine groups is 1. The van der Waals surface area contributed by atoms with E-state index in [0.717, 1.165) is 4.31 Å². The quantitative estimate of drug-likeness (QED) is 0.461. The maximum Gasteiger partial charge on any atom is 0.260 e. The molecule has 0 saturated heterocycles. The van der Waals surface area contributed by atoms with Gasteiger partial charge in [0.05, 0.1) is 19.1 Å². The van der Waals surface area contributed by atoms with Crippen molar-refractivity contribution in [1.82, 2.24) is 14.3 Å². The number of hydrogen-bond donors (Lipinski definition) is 3. The van der Waals surface area contributed by atoms with Gasteiger partial charge in [0.25, 0.3) is 10.0 Å². The highest BCUT2D eigenvalue weighted by molar-refractivity contribution is 7.89. The van der Waals surface area contributed by atoms with Gasteiger partial charge >= 0.3 is 0 Å². The van der Waals surface area contributed by atoms with E-state index in [1.165, 1.54) is 12.5 Å². The third-order valence-corrected chi connectivity index (χ3v) is 3.64. The molecule has 15 heavy (non-hydrogen) atoms. The Balaban J connectivity index is 2.98. The van der Waals surface area contributed by atoms with Gasteiger partial charge in [-0.3, -0.25) is 5.41 Å². The fourth-order valence-corrected chi connectivity index (χ4v) is 2.40. The van der Waals surface area contributed by atoms with Crippen molar-refractivity contribution >= 4 is 15.9 Å². The van der Waals surface area contributed by atoms with Crippen molar-refractivity contribution in [1.29, 1.82) is 5.41 Å². The van der Waals surface area contributed by atoms with E-state index in [1.54, 1.807) is 6.92 Å². The predicted octanol–water partition coefficient (Wildman–Crippen LogP) is -0.644. The summed E-state index contributed by atoms with van der Waals surface area (Å²) >= 11 is 0. The summed E-state index contributed by atoms with van der Waals surface area (Å²) in [5.41, 5.74) is 5.17. The number of H-pyrrole nitrogens is 1. The number of nitrogens with one attached hydrogen (secondary N) is 2. The minimum absolute atomic E-state index is 0.00519. The van der Waals surface area contributed by atoms with Crippen molar-refractivity contribution in [2.45, 2.75) is 11.9 Å². The monoisotopic (exact) mass is 231 g/mol. The normalized spacial score (nSPS) is 11.9. The van der Waals surface area contributed by atoms with Gasteiger partial charge in [-0.1, -0.05) is 6.92 Å². The smallest absolute Gasteiger partial charge is 0.260 e. The van der Waals surface area contributed by atoms with Gasteiger partial charge in [-0.2, -0.15) is 4.31 Å². The van der Waals surface area contributed by atoms with Gasteiger partial charge in [-0.15, -0.1) is 0 Å². The summed E-state index contributed by atoms with van der Waals surface area (Å²) in [6, 6.07) is 0. The summed E-state index contributed by atoms with van der Waals surface area (Å²) in [6.07, 6.45) is 2.51. The molecule has 7 nitrogen and oxygen atoms in total. The van der Waals surface area contributed by atoms with Crippen LogP contribution < -0.4 is 5.73 Å². The Morgan fingerprint density at radius 3 is 2.80 bits per heavy atom. The summed E-state index contributed by atoms with van der Waals surface area (Å²) in [5.74, 6) is -0.194. The van der Waals surface area contributed by atoms with E-state index in [2.05, 4.69) is 9.97 Å². The molecule has 0 aliphatic heterocycles. The standard InChI is InChI=1S/C7H13N5O2S/c1-2-12(4-6(8)9)15(13,14)7-3-10-5-11-7/h3,5H,2,4H2,1H3,(H3,8,9)(H,10,11). The second-order valence-electron chi connectivity index (χ2n) is 2.87. The average molecular weight is 231 g/mol. The zero-order chi connectivity index (χ0) is 11.5. The highest BCUT2D eigenvalue weighted by atomic mass is 32.2. The van der Waals surface area contributed by atoms with Crippen LogP contribution in [0.3, 0.4) is 0 Å². The average Bonchev–Trinajstić information content (AvgIpc) is 2.66. The van der Waals surface area contributed by atoms with E-state index >= 15 is 0 Å². The number of aromatic nitrogens is 2. The number of nitrogens with two attached hydrogens (primary N) is 1. The second-order valence-corrected chi connectivity index (χ2v) is 4.78. The fraction of sp³-hybridized carbons (Fsp3) is 0.429. The van der Waals surface area contributed by atoms with Crippen molar-refractivity contribution in [3.8, 4) is 0 Å². The van der Waals surface area contributed by atoms with Gasteiger partial charge in [0.15, 0.2) is 5.03 Å². The second kappa shape index (κ2) is 4.41. The van der Waals surface area contributed by atoms with Gasteiger partial charge in [-0.05, 0) is 0 Å². The Morgan fingerprint density at radius 1 is 1.73 bits per heavy atom. The van der Waals surface area contributed by atoms with Crippen molar-refractivity contribution in [2.75, 3.05) is 13.1 Å². The molecule has 1 heterocycles. The lowest BCUT2D eigenvalue weighted by Gasteiger charge is -2.18. The third-order valence-electron chi connectivity index (χ3n) is 1.79. The van der Waals surface area contributed by atoms with Crippen molar-refractivity contribution < 1.29 is 8.42 Å². The van der Waals surface area contributed by atoms with Gasteiger partial charge in [0.2, 0.25) is 0 Å². The lowest BCUT2D eigenvalue weighted by atomic mass is 10.6. The first kappa shape index (κ1) is 11.7. The molecule has 0 fully saturated rings. The lowest BCUT2D eigenvalue weighted by Crippen LogP contribution is -2.38. The van der Waals surface area contributed by atoms with Crippen LogP contribution in [-0.4, -0.2) is 41.6 Å². The van der Waals surface area contributed by atoms with Crippen molar-refractivity contribution in [2.24, 2.45) is 5.73 Å². The maximum absolute atomic E-state index is 11.9. The van der Waals surface area contributed by atoms with Gasteiger partial charge in [0.1, 0.15) is 5.84 Å². The molecule has 0 atom stereocenters. The first-order valence-corrected chi connectivity index (χ1v) is 5.74. The SMILES string of the molecule is CCN(CC(=N)N)S(=O)(=O)c1cnc[nH]1. The molecule has 1 aromatic rings. The van der Waals surface area contributed by atoms with E-state index < -0.39 is 10.0 Å². The Labute approximate surface area is 87.9 Å². The van der Waals surface area contributed by atoms with E-state index in [-0.39, 0.29) is 24.0 Å². The van der Waals surface area contributed by atoms with Crippen LogP contribution in [0.4, 0.5) is 0 Å².